The largest absolute Gasteiger partial charge is 0.421 e. The van der Waals surface area contributed by atoms with Crippen molar-refractivity contribution < 1.29 is 13.9 Å². The van der Waals surface area contributed by atoms with Crippen LogP contribution in [0.4, 0.5) is 0 Å². The number of benzene rings is 4. The number of carbonyl (C=O) groups excluding carboxylic acids is 1. The summed E-state index contributed by atoms with van der Waals surface area (Å²) < 4.78 is 12.1. The van der Waals surface area contributed by atoms with Gasteiger partial charge in [0.2, 0.25) is 0 Å². The van der Waals surface area contributed by atoms with Crippen molar-refractivity contribution in [3.63, 3.8) is 0 Å². The molecule has 0 N–H and O–H groups in total. The lowest BCUT2D eigenvalue weighted by molar-refractivity contribution is 0.0735. The second kappa shape index (κ2) is 9.88. The van der Waals surface area contributed by atoms with E-state index in [9.17, 15) is 9.59 Å². The molecule has 0 aliphatic carbocycles. The minimum Gasteiger partial charge on any atom is -0.421 e. The van der Waals surface area contributed by atoms with Crippen molar-refractivity contribution in [2.75, 3.05) is 0 Å². The molecule has 0 bridgehead atoms. The predicted octanol–water partition coefficient (Wildman–Crippen LogP) is 7.48. The van der Waals surface area contributed by atoms with E-state index < -0.39 is 11.6 Å². The molecule has 5 aromatic rings. The van der Waals surface area contributed by atoms with Gasteiger partial charge in [-0.25, -0.2) is 9.59 Å². The van der Waals surface area contributed by atoms with Gasteiger partial charge in [0.25, 0.3) is 0 Å². The molecule has 1 aromatic heterocycles. The topological polar surface area (TPSA) is 56.5 Å². The number of esters is 1. The molecule has 176 valence electrons. The number of hydrogen-bond acceptors (Lipinski definition) is 4. The van der Waals surface area contributed by atoms with E-state index >= 15 is 0 Å². The lowest BCUT2D eigenvalue weighted by Gasteiger charge is -2.18. The Morgan fingerprint density at radius 1 is 0.611 bits per heavy atom. The molecule has 0 saturated heterocycles. The van der Waals surface area contributed by atoms with E-state index in [0.717, 1.165) is 16.7 Å². The monoisotopic (exact) mass is 472 g/mol. The van der Waals surface area contributed by atoms with E-state index in [4.69, 9.17) is 9.15 Å². The highest BCUT2D eigenvalue weighted by Crippen LogP contribution is 2.43. The van der Waals surface area contributed by atoms with Crippen LogP contribution in [0.15, 0.2) is 118 Å². The summed E-state index contributed by atoms with van der Waals surface area (Å²) in [6.07, 6.45) is 0. The lowest BCUT2D eigenvalue weighted by Crippen LogP contribution is -2.15. The SMILES string of the molecule is Cc1ccc(C(=O)Oc2c(-c3ccccc3)c(-c3ccc(C)cc3)oc(=O)c2-c2ccccc2)cc1. The first kappa shape index (κ1) is 23.1. The summed E-state index contributed by atoms with van der Waals surface area (Å²) in [5.41, 5.74) is 4.74. The molecule has 4 nitrogen and oxygen atoms in total. The first-order chi connectivity index (χ1) is 17.5. The van der Waals surface area contributed by atoms with Gasteiger partial charge in [0.05, 0.1) is 11.1 Å². The Bertz CT molecular complexity index is 1560. The molecule has 0 atom stereocenters. The maximum absolute atomic E-state index is 13.5. The molecule has 0 unspecified atom stereocenters. The molecule has 1 heterocycles. The van der Waals surface area contributed by atoms with Gasteiger partial charge in [-0.2, -0.15) is 0 Å². The van der Waals surface area contributed by atoms with Crippen molar-refractivity contribution in [3.8, 4) is 39.3 Å². The molecular weight excluding hydrogens is 448 g/mol. The summed E-state index contributed by atoms with van der Waals surface area (Å²) >= 11 is 0. The zero-order chi connectivity index (χ0) is 25.1. The van der Waals surface area contributed by atoms with Crippen molar-refractivity contribution in [3.05, 3.63) is 136 Å². The minimum atomic E-state index is -0.580. The van der Waals surface area contributed by atoms with Crippen molar-refractivity contribution >= 4 is 5.97 Å². The van der Waals surface area contributed by atoms with Crippen molar-refractivity contribution in [2.24, 2.45) is 0 Å². The minimum absolute atomic E-state index is 0.171. The molecule has 4 aromatic carbocycles. The highest BCUT2D eigenvalue weighted by Gasteiger charge is 2.27. The summed E-state index contributed by atoms with van der Waals surface area (Å²) in [6.45, 7) is 3.94. The van der Waals surface area contributed by atoms with Gasteiger partial charge >= 0.3 is 11.6 Å². The van der Waals surface area contributed by atoms with Gasteiger partial charge < -0.3 is 9.15 Å². The summed E-state index contributed by atoms with van der Waals surface area (Å²) in [6, 6.07) is 33.5. The average molecular weight is 473 g/mol. The third kappa shape index (κ3) is 4.62. The lowest BCUT2D eigenvalue weighted by atomic mass is 9.95. The Morgan fingerprint density at radius 2 is 1.11 bits per heavy atom. The number of carbonyl (C=O) groups is 1. The first-order valence-electron chi connectivity index (χ1n) is 11.7. The van der Waals surface area contributed by atoms with Gasteiger partial charge in [0, 0.05) is 5.56 Å². The fourth-order valence-corrected chi connectivity index (χ4v) is 4.09. The molecule has 5 rings (SSSR count). The van der Waals surface area contributed by atoms with Crippen LogP contribution in [0.3, 0.4) is 0 Å². The molecule has 0 aliphatic rings. The molecular formula is C32H24O4. The second-order valence-electron chi connectivity index (χ2n) is 8.65. The van der Waals surface area contributed by atoms with Crippen LogP contribution >= 0.6 is 0 Å². The summed E-state index contributed by atoms with van der Waals surface area (Å²) in [7, 11) is 0. The fourth-order valence-electron chi connectivity index (χ4n) is 4.09. The molecule has 0 spiro atoms. The molecule has 4 heteroatoms. The van der Waals surface area contributed by atoms with E-state index in [1.165, 1.54) is 0 Å². The van der Waals surface area contributed by atoms with Gasteiger partial charge in [0.15, 0.2) is 5.75 Å². The Hall–Kier alpha value is -4.70. The Morgan fingerprint density at radius 3 is 1.67 bits per heavy atom. The second-order valence-corrected chi connectivity index (χ2v) is 8.65. The van der Waals surface area contributed by atoms with Crippen LogP contribution in [0.2, 0.25) is 0 Å². The number of ether oxygens (including phenoxy) is 1. The van der Waals surface area contributed by atoms with E-state index in [1.807, 2.05) is 98.8 Å². The third-order valence-corrected chi connectivity index (χ3v) is 6.00. The fraction of sp³-hybridized carbons (Fsp3) is 0.0625. The van der Waals surface area contributed by atoms with E-state index in [2.05, 4.69) is 0 Å². The van der Waals surface area contributed by atoms with E-state index in [-0.39, 0.29) is 11.3 Å². The third-order valence-electron chi connectivity index (χ3n) is 6.00. The van der Waals surface area contributed by atoms with Crippen LogP contribution in [0.5, 0.6) is 5.75 Å². The maximum Gasteiger partial charge on any atom is 0.348 e. The van der Waals surface area contributed by atoms with Crippen molar-refractivity contribution in [1.82, 2.24) is 0 Å². The number of hydrogen-bond donors (Lipinski definition) is 0. The summed E-state index contributed by atoms with van der Waals surface area (Å²) in [5, 5.41) is 0. The molecule has 0 amide bonds. The van der Waals surface area contributed by atoms with Gasteiger partial charge in [-0.15, -0.1) is 0 Å². The molecule has 0 fully saturated rings. The van der Waals surface area contributed by atoms with E-state index in [1.54, 1.807) is 24.3 Å². The van der Waals surface area contributed by atoms with Crippen LogP contribution in [0, 0.1) is 13.8 Å². The van der Waals surface area contributed by atoms with Gasteiger partial charge in [-0.1, -0.05) is 108 Å². The molecule has 0 aliphatic heterocycles. The molecule has 0 radical (unpaired) electrons. The quantitative estimate of drug-likeness (QED) is 0.249. The van der Waals surface area contributed by atoms with Crippen LogP contribution in [0.1, 0.15) is 21.5 Å². The Kier molecular flexibility index (Phi) is 6.33. The summed E-state index contributed by atoms with van der Waals surface area (Å²) in [5.74, 6) is -0.0350. The highest BCUT2D eigenvalue weighted by atomic mass is 16.5. The van der Waals surface area contributed by atoms with Crippen LogP contribution in [0.25, 0.3) is 33.6 Å². The number of rotatable bonds is 5. The zero-order valence-corrected chi connectivity index (χ0v) is 20.0. The maximum atomic E-state index is 13.5. The smallest absolute Gasteiger partial charge is 0.348 e. The summed E-state index contributed by atoms with van der Waals surface area (Å²) in [4.78, 5) is 26.8. The van der Waals surface area contributed by atoms with Crippen LogP contribution < -0.4 is 10.4 Å². The molecule has 36 heavy (non-hydrogen) atoms. The van der Waals surface area contributed by atoms with Gasteiger partial charge in [-0.05, 0) is 37.1 Å². The van der Waals surface area contributed by atoms with Gasteiger partial charge in [0.1, 0.15) is 11.3 Å². The van der Waals surface area contributed by atoms with Crippen molar-refractivity contribution in [2.45, 2.75) is 13.8 Å². The first-order valence-corrected chi connectivity index (χ1v) is 11.7. The van der Waals surface area contributed by atoms with Crippen molar-refractivity contribution in [1.29, 1.82) is 0 Å². The number of aryl methyl sites for hydroxylation is 2. The standard InChI is InChI=1S/C32H24O4/c1-21-13-17-25(18-14-21)29-27(23-9-5-3-6-10-23)30(36-31(33)26-19-15-22(2)16-20-26)28(32(34)35-29)24-11-7-4-8-12-24/h3-20H,1-2H3. The predicted molar refractivity (Wildman–Crippen MR) is 142 cm³/mol. The van der Waals surface area contributed by atoms with Crippen LogP contribution in [-0.4, -0.2) is 5.97 Å². The van der Waals surface area contributed by atoms with E-state index in [0.29, 0.717) is 28.0 Å². The normalized spacial score (nSPS) is 10.7. The molecule has 0 saturated carbocycles. The Balaban J connectivity index is 1.81. The average Bonchev–Trinajstić information content (AvgIpc) is 2.90. The Labute approximate surface area is 209 Å². The van der Waals surface area contributed by atoms with Gasteiger partial charge in [-0.3, -0.25) is 0 Å². The van der Waals surface area contributed by atoms with Crippen LogP contribution in [-0.2, 0) is 0 Å². The highest BCUT2D eigenvalue weighted by molar-refractivity contribution is 5.96. The zero-order valence-electron chi connectivity index (χ0n) is 20.0.